The standard InChI is InChI=1S/C17H16FNO2/c1-2-8-17(14-6-4-3-5-13(14)11-19)9-7-12(16(20)21)10-15(17)18/h3-7,9-10,12H,2,8H2,1H3,(H,20,21). The fourth-order valence-corrected chi connectivity index (χ4v) is 2.78. The molecule has 4 heteroatoms. The predicted molar refractivity (Wildman–Crippen MR) is 77.2 cm³/mol. The van der Waals surface area contributed by atoms with Crippen LogP contribution in [0.2, 0.25) is 0 Å². The van der Waals surface area contributed by atoms with Gasteiger partial charge in [0.25, 0.3) is 0 Å². The average Bonchev–Trinajstić information content (AvgIpc) is 2.49. The van der Waals surface area contributed by atoms with Gasteiger partial charge in [-0.15, -0.1) is 0 Å². The van der Waals surface area contributed by atoms with Gasteiger partial charge in [0.15, 0.2) is 0 Å². The van der Waals surface area contributed by atoms with Gasteiger partial charge in [-0.25, -0.2) is 4.39 Å². The molecule has 0 saturated carbocycles. The van der Waals surface area contributed by atoms with Crippen LogP contribution >= 0.6 is 0 Å². The summed E-state index contributed by atoms with van der Waals surface area (Å²) in [5.74, 6) is -2.54. The molecule has 0 fully saturated rings. The Morgan fingerprint density at radius 3 is 2.76 bits per heavy atom. The molecule has 1 N–H and O–H groups in total. The van der Waals surface area contributed by atoms with Crippen molar-refractivity contribution in [2.24, 2.45) is 5.92 Å². The topological polar surface area (TPSA) is 61.1 Å². The Hall–Kier alpha value is -2.41. The van der Waals surface area contributed by atoms with E-state index in [9.17, 15) is 14.4 Å². The van der Waals surface area contributed by atoms with Crippen LogP contribution in [0.25, 0.3) is 0 Å². The largest absolute Gasteiger partial charge is 0.481 e. The Kier molecular flexibility index (Phi) is 4.23. The number of nitriles is 1. The Morgan fingerprint density at radius 2 is 2.19 bits per heavy atom. The van der Waals surface area contributed by atoms with Gasteiger partial charge in [0.05, 0.1) is 23.0 Å². The van der Waals surface area contributed by atoms with E-state index in [1.54, 1.807) is 30.3 Å². The van der Waals surface area contributed by atoms with Gasteiger partial charge in [-0.2, -0.15) is 5.26 Å². The number of carboxylic acids is 1. The molecule has 0 bridgehead atoms. The van der Waals surface area contributed by atoms with Gasteiger partial charge in [0.1, 0.15) is 5.83 Å². The number of benzene rings is 1. The van der Waals surface area contributed by atoms with Crippen LogP contribution in [0.3, 0.4) is 0 Å². The molecule has 1 aromatic carbocycles. The van der Waals surface area contributed by atoms with Gasteiger partial charge in [-0.1, -0.05) is 43.7 Å². The highest BCUT2D eigenvalue weighted by Crippen LogP contribution is 2.43. The lowest BCUT2D eigenvalue weighted by atomic mass is 9.70. The van der Waals surface area contributed by atoms with Crippen LogP contribution in [0.5, 0.6) is 0 Å². The summed E-state index contributed by atoms with van der Waals surface area (Å²) >= 11 is 0. The number of hydrogen-bond acceptors (Lipinski definition) is 2. The number of hydrogen-bond donors (Lipinski definition) is 1. The molecular weight excluding hydrogens is 269 g/mol. The first-order chi connectivity index (χ1) is 10.0. The van der Waals surface area contributed by atoms with E-state index in [1.165, 1.54) is 6.08 Å². The molecule has 0 spiro atoms. The van der Waals surface area contributed by atoms with Crippen LogP contribution in [0.1, 0.15) is 30.9 Å². The van der Waals surface area contributed by atoms with Gasteiger partial charge in [0, 0.05) is 0 Å². The van der Waals surface area contributed by atoms with Crippen molar-refractivity contribution in [3.63, 3.8) is 0 Å². The second-order valence-corrected chi connectivity index (χ2v) is 5.12. The van der Waals surface area contributed by atoms with Crippen molar-refractivity contribution in [3.8, 4) is 6.07 Å². The maximum Gasteiger partial charge on any atom is 0.314 e. The second kappa shape index (κ2) is 5.92. The first-order valence-electron chi connectivity index (χ1n) is 6.84. The first-order valence-corrected chi connectivity index (χ1v) is 6.84. The molecule has 2 rings (SSSR count). The summed E-state index contributed by atoms with van der Waals surface area (Å²) in [5.41, 5.74) is -0.0383. The molecule has 0 aromatic heterocycles. The van der Waals surface area contributed by atoms with E-state index in [-0.39, 0.29) is 0 Å². The third-order valence-corrected chi connectivity index (χ3v) is 3.80. The minimum absolute atomic E-state index is 0.410. The molecule has 1 aromatic rings. The fourth-order valence-electron chi connectivity index (χ4n) is 2.78. The molecule has 0 radical (unpaired) electrons. The summed E-state index contributed by atoms with van der Waals surface area (Å²) < 4.78 is 14.7. The highest BCUT2D eigenvalue weighted by atomic mass is 19.1. The van der Waals surface area contributed by atoms with Gasteiger partial charge >= 0.3 is 5.97 Å². The van der Waals surface area contributed by atoms with E-state index < -0.39 is 23.1 Å². The Labute approximate surface area is 123 Å². The summed E-state index contributed by atoms with van der Waals surface area (Å²) in [7, 11) is 0. The summed E-state index contributed by atoms with van der Waals surface area (Å²) in [6.45, 7) is 1.93. The molecular formula is C17H16FNO2. The molecule has 3 nitrogen and oxygen atoms in total. The number of halogens is 1. The molecule has 0 aliphatic heterocycles. The highest BCUT2D eigenvalue weighted by Gasteiger charge is 2.39. The van der Waals surface area contributed by atoms with E-state index >= 15 is 0 Å². The lowest BCUT2D eigenvalue weighted by molar-refractivity contribution is -0.138. The third-order valence-electron chi connectivity index (χ3n) is 3.80. The Morgan fingerprint density at radius 1 is 1.48 bits per heavy atom. The SMILES string of the molecule is CCCC1(c2ccccc2C#N)C=CC(C(=O)O)C=C1F. The highest BCUT2D eigenvalue weighted by molar-refractivity contribution is 5.75. The maximum atomic E-state index is 14.7. The van der Waals surface area contributed by atoms with Crippen LogP contribution in [-0.2, 0) is 10.2 Å². The number of rotatable bonds is 4. The van der Waals surface area contributed by atoms with Crippen LogP contribution < -0.4 is 0 Å². The molecule has 0 saturated heterocycles. The minimum atomic E-state index is -1.08. The van der Waals surface area contributed by atoms with E-state index in [0.717, 1.165) is 6.08 Å². The summed E-state index contributed by atoms with van der Waals surface area (Å²) in [5, 5.41) is 18.3. The molecule has 2 unspecified atom stereocenters. The quantitative estimate of drug-likeness (QED) is 0.858. The molecule has 0 amide bonds. The normalized spacial score (nSPS) is 24.2. The van der Waals surface area contributed by atoms with Gasteiger partial charge in [-0.3, -0.25) is 4.79 Å². The lowest BCUT2D eigenvalue weighted by Gasteiger charge is -2.33. The van der Waals surface area contributed by atoms with Crippen LogP contribution in [-0.4, -0.2) is 11.1 Å². The van der Waals surface area contributed by atoms with E-state index in [4.69, 9.17) is 5.11 Å². The van der Waals surface area contributed by atoms with Gasteiger partial charge in [0.2, 0.25) is 0 Å². The van der Waals surface area contributed by atoms with Crippen molar-refractivity contribution < 1.29 is 14.3 Å². The molecule has 2 atom stereocenters. The van der Waals surface area contributed by atoms with E-state index in [2.05, 4.69) is 6.07 Å². The molecule has 1 aliphatic rings. The molecule has 0 heterocycles. The minimum Gasteiger partial charge on any atom is -0.481 e. The van der Waals surface area contributed by atoms with Crippen molar-refractivity contribution in [2.45, 2.75) is 25.2 Å². The zero-order valence-electron chi connectivity index (χ0n) is 11.7. The first kappa shape index (κ1) is 15.0. The van der Waals surface area contributed by atoms with Crippen LogP contribution in [0.4, 0.5) is 4.39 Å². The number of carbonyl (C=O) groups is 1. The summed E-state index contributed by atoms with van der Waals surface area (Å²) in [6.07, 6.45) is 5.42. The predicted octanol–water partition coefficient (Wildman–Crippen LogP) is 3.72. The van der Waals surface area contributed by atoms with E-state index in [1.807, 2.05) is 6.92 Å². The van der Waals surface area contributed by atoms with Gasteiger partial charge in [-0.05, 0) is 24.1 Å². The smallest absolute Gasteiger partial charge is 0.314 e. The van der Waals surface area contributed by atoms with E-state index in [0.29, 0.717) is 24.0 Å². The number of aliphatic carboxylic acids is 1. The second-order valence-electron chi connectivity index (χ2n) is 5.12. The van der Waals surface area contributed by atoms with Gasteiger partial charge < -0.3 is 5.11 Å². The van der Waals surface area contributed by atoms with Crippen molar-refractivity contribution >= 4 is 5.97 Å². The monoisotopic (exact) mass is 285 g/mol. The molecule has 21 heavy (non-hydrogen) atoms. The summed E-state index contributed by atoms with van der Waals surface area (Å²) in [4.78, 5) is 11.0. The Balaban J connectivity index is 2.59. The summed E-state index contributed by atoms with van der Waals surface area (Å²) in [6, 6.07) is 8.96. The zero-order valence-corrected chi connectivity index (χ0v) is 11.7. The lowest BCUT2D eigenvalue weighted by Crippen LogP contribution is -2.30. The van der Waals surface area contributed by atoms with Crippen molar-refractivity contribution in [1.29, 1.82) is 5.26 Å². The van der Waals surface area contributed by atoms with Crippen molar-refractivity contribution in [3.05, 3.63) is 59.4 Å². The average molecular weight is 285 g/mol. The number of allylic oxidation sites excluding steroid dienone is 2. The zero-order chi connectivity index (χ0) is 15.5. The Bertz CT molecular complexity index is 657. The van der Waals surface area contributed by atoms with Crippen molar-refractivity contribution in [2.75, 3.05) is 0 Å². The fraction of sp³-hybridized carbons (Fsp3) is 0.294. The van der Waals surface area contributed by atoms with Crippen molar-refractivity contribution in [1.82, 2.24) is 0 Å². The third kappa shape index (κ3) is 2.59. The van der Waals surface area contributed by atoms with Crippen LogP contribution in [0, 0.1) is 17.2 Å². The number of carboxylic acid groups (broad SMARTS) is 1. The van der Waals surface area contributed by atoms with Crippen LogP contribution in [0.15, 0.2) is 48.3 Å². The molecule has 108 valence electrons. The molecule has 1 aliphatic carbocycles. The number of nitrogens with zero attached hydrogens (tertiary/aromatic N) is 1. The maximum absolute atomic E-state index is 14.7.